The Morgan fingerprint density at radius 3 is 2.74 bits per heavy atom. The molecule has 0 saturated carbocycles. The van der Waals surface area contributed by atoms with Crippen molar-refractivity contribution < 1.29 is 17.8 Å². The summed E-state index contributed by atoms with van der Waals surface area (Å²) in [7, 11) is -4.29. The van der Waals surface area contributed by atoms with Gasteiger partial charge in [0.2, 0.25) is 15.9 Å². The molecule has 2 unspecified atom stereocenters. The van der Waals surface area contributed by atoms with Gasteiger partial charge in [0, 0.05) is 18.2 Å². The number of aromatic nitrogens is 3. The number of rotatable bonds is 7. The quantitative estimate of drug-likeness (QED) is 0.292. The second kappa shape index (κ2) is 8.71. The average Bonchev–Trinajstić information content (AvgIpc) is 3.50. The van der Waals surface area contributed by atoms with E-state index >= 15 is 0 Å². The minimum Gasteiger partial charge on any atom is -0.391 e. The Morgan fingerprint density at radius 1 is 1.17 bits per heavy atom. The van der Waals surface area contributed by atoms with Crippen LogP contribution >= 0.6 is 0 Å². The Balaban J connectivity index is 1.61. The number of hydrogen-bond acceptors (Lipinski definition) is 8. The standard InChI is InChI=1S/C23H21N5O6S/c1-13(15-7-2-5-14-6-3-8-16(14)15)20(22-25-26-23(29)34-22)27-35(32,33)19-11-10-18(28(30)31)17-9-4-12-24-21(17)19/h2,4-5,7,9-13,20,27H,3,6,8H2,1H3,(H,26,29). The van der Waals surface area contributed by atoms with Crippen molar-refractivity contribution in [3.8, 4) is 0 Å². The molecule has 2 aromatic heterocycles. The number of pyridine rings is 1. The number of fused-ring (bicyclic) bond motifs is 2. The van der Waals surface area contributed by atoms with Crippen LogP contribution in [-0.4, -0.2) is 28.5 Å². The third kappa shape index (κ3) is 4.10. The number of aryl methyl sites for hydroxylation is 1. The van der Waals surface area contributed by atoms with Gasteiger partial charge in [0.05, 0.1) is 15.8 Å². The highest BCUT2D eigenvalue weighted by Gasteiger charge is 2.34. The van der Waals surface area contributed by atoms with Crippen LogP contribution < -0.4 is 10.5 Å². The Hall–Kier alpha value is -3.90. The molecule has 0 fully saturated rings. The maximum Gasteiger partial charge on any atom is 0.434 e. The molecule has 2 atom stereocenters. The monoisotopic (exact) mass is 495 g/mol. The topological polar surface area (TPSA) is 161 Å². The molecule has 0 bridgehead atoms. The minimum atomic E-state index is -4.29. The summed E-state index contributed by atoms with van der Waals surface area (Å²) in [6.07, 6.45) is 4.19. The number of sulfonamides is 1. The van der Waals surface area contributed by atoms with Crippen LogP contribution in [0.3, 0.4) is 0 Å². The molecule has 12 heteroatoms. The van der Waals surface area contributed by atoms with Crippen molar-refractivity contribution in [2.24, 2.45) is 0 Å². The van der Waals surface area contributed by atoms with E-state index in [-0.39, 0.29) is 27.4 Å². The molecule has 2 N–H and O–H groups in total. The number of H-pyrrole nitrogens is 1. The highest BCUT2D eigenvalue weighted by Crippen LogP contribution is 2.37. The van der Waals surface area contributed by atoms with Gasteiger partial charge in [0.15, 0.2) is 0 Å². The molecule has 35 heavy (non-hydrogen) atoms. The number of nitro groups is 1. The third-order valence-corrected chi connectivity index (χ3v) is 7.84. The van der Waals surface area contributed by atoms with Crippen molar-refractivity contribution in [2.45, 2.75) is 43.0 Å². The molecule has 2 heterocycles. The molecule has 4 aromatic rings. The highest BCUT2D eigenvalue weighted by atomic mass is 32.2. The maximum atomic E-state index is 13.6. The molecule has 180 valence electrons. The van der Waals surface area contributed by atoms with E-state index in [4.69, 9.17) is 4.42 Å². The lowest BCUT2D eigenvalue weighted by molar-refractivity contribution is -0.383. The van der Waals surface area contributed by atoms with Crippen molar-refractivity contribution >= 4 is 26.6 Å². The zero-order valence-corrected chi connectivity index (χ0v) is 19.4. The van der Waals surface area contributed by atoms with Crippen LogP contribution in [0.5, 0.6) is 0 Å². The molecule has 1 aliphatic rings. The Bertz CT molecular complexity index is 1610. The molecule has 11 nitrogen and oxygen atoms in total. The van der Waals surface area contributed by atoms with Gasteiger partial charge in [-0.25, -0.2) is 18.3 Å². The van der Waals surface area contributed by atoms with Crippen LogP contribution in [0.4, 0.5) is 5.69 Å². The van der Waals surface area contributed by atoms with Gasteiger partial charge in [-0.05, 0) is 54.2 Å². The van der Waals surface area contributed by atoms with Gasteiger partial charge >= 0.3 is 5.76 Å². The number of nitrogens with zero attached hydrogens (tertiary/aromatic N) is 3. The second-order valence-electron chi connectivity index (χ2n) is 8.42. The van der Waals surface area contributed by atoms with Crippen molar-refractivity contribution in [2.75, 3.05) is 0 Å². The van der Waals surface area contributed by atoms with Crippen LogP contribution in [-0.2, 0) is 22.9 Å². The Labute approximate surface area is 199 Å². The fourth-order valence-electron chi connectivity index (χ4n) is 4.73. The smallest absolute Gasteiger partial charge is 0.391 e. The van der Waals surface area contributed by atoms with Crippen LogP contribution in [0.15, 0.2) is 62.8 Å². The summed E-state index contributed by atoms with van der Waals surface area (Å²) < 4.78 is 35.0. The molecule has 0 radical (unpaired) electrons. The molecule has 0 amide bonds. The molecular formula is C23H21N5O6S. The number of non-ortho nitro benzene ring substituents is 1. The SMILES string of the molecule is CC(c1cccc2c1CCC2)C(NS(=O)(=O)c1ccc([N+](=O)[O-])c2cccnc12)c1n[nH]c(=O)o1. The summed E-state index contributed by atoms with van der Waals surface area (Å²) >= 11 is 0. The predicted molar refractivity (Wildman–Crippen MR) is 125 cm³/mol. The van der Waals surface area contributed by atoms with Crippen molar-refractivity contribution in [3.05, 3.63) is 91.9 Å². The summed E-state index contributed by atoms with van der Waals surface area (Å²) in [6, 6.07) is 10.1. The average molecular weight is 496 g/mol. The lowest BCUT2D eigenvalue weighted by Crippen LogP contribution is -2.33. The summed E-state index contributed by atoms with van der Waals surface area (Å²) in [4.78, 5) is 26.4. The van der Waals surface area contributed by atoms with Crippen LogP contribution in [0, 0.1) is 10.1 Å². The van der Waals surface area contributed by atoms with E-state index < -0.39 is 32.7 Å². The lowest BCUT2D eigenvalue weighted by Gasteiger charge is -2.24. The van der Waals surface area contributed by atoms with Gasteiger partial charge in [-0.1, -0.05) is 25.1 Å². The van der Waals surface area contributed by atoms with Gasteiger partial charge in [-0.15, -0.1) is 5.10 Å². The maximum absolute atomic E-state index is 13.6. The van der Waals surface area contributed by atoms with E-state index in [0.29, 0.717) is 0 Å². The first kappa shape index (κ1) is 22.9. The Kier molecular flexibility index (Phi) is 5.69. The van der Waals surface area contributed by atoms with Crippen LogP contribution in [0.2, 0.25) is 0 Å². The fraction of sp³-hybridized carbons (Fsp3) is 0.261. The van der Waals surface area contributed by atoms with E-state index in [2.05, 4.69) is 26.0 Å². The number of aromatic amines is 1. The highest BCUT2D eigenvalue weighted by molar-refractivity contribution is 7.89. The second-order valence-corrected chi connectivity index (χ2v) is 10.1. The van der Waals surface area contributed by atoms with E-state index in [1.165, 1.54) is 23.9 Å². The van der Waals surface area contributed by atoms with Gasteiger partial charge in [0.1, 0.15) is 10.9 Å². The summed E-state index contributed by atoms with van der Waals surface area (Å²) in [5.41, 5.74) is 3.01. The van der Waals surface area contributed by atoms with E-state index in [1.807, 2.05) is 19.1 Å². The molecule has 0 aliphatic heterocycles. The number of nitro benzene ring substituents is 1. The molecule has 0 saturated heterocycles. The number of hydrogen-bond donors (Lipinski definition) is 2. The third-order valence-electron chi connectivity index (χ3n) is 6.37. The summed E-state index contributed by atoms with van der Waals surface area (Å²) in [5.74, 6) is -1.36. The number of benzene rings is 2. The fourth-order valence-corrected chi connectivity index (χ4v) is 6.17. The van der Waals surface area contributed by atoms with Crippen LogP contribution in [0.1, 0.15) is 47.9 Å². The molecule has 2 aromatic carbocycles. The van der Waals surface area contributed by atoms with Gasteiger partial charge < -0.3 is 4.42 Å². The first-order valence-corrected chi connectivity index (χ1v) is 12.4. The van der Waals surface area contributed by atoms with E-state index in [1.54, 1.807) is 0 Å². The molecular weight excluding hydrogens is 474 g/mol. The lowest BCUT2D eigenvalue weighted by atomic mass is 9.88. The van der Waals surface area contributed by atoms with E-state index in [9.17, 15) is 23.3 Å². The number of nitrogens with one attached hydrogen (secondary N) is 2. The van der Waals surface area contributed by atoms with Crippen molar-refractivity contribution in [1.29, 1.82) is 0 Å². The Morgan fingerprint density at radius 2 is 2.00 bits per heavy atom. The van der Waals surface area contributed by atoms with Crippen LogP contribution in [0.25, 0.3) is 10.9 Å². The zero-order chi connectivity index (χ0) is 24.7. The molecule has 5 rings (SSSR count). The first-order chi connectivity index (χ1) is 16.8. The molecule has 1 aliphatic carbocycles. The predicted octanol–water partition coefficient (Wildman–Crippen LogP) is 3.13. The van der Waals surface area contributed by atoms with Crippen molar-refractivity contribution in [3.63, 3.8) is 0 Å². The normalized spacial score (nSPS) is 15.1. The largest absolute Gasteiger partial charge is 0.434 e. The summed E-state index contributed by atoms with van der Waals surface area (Å²) in [6.45, 7) is 1.84. The van der Waals surface area contributed by atoms with E-state index in [0.717, 1.165) is 42.5 Å². The minimum absolute atomic E-state index is 0.0373. The summed E-state index contributed by atoms with van der Waals surface area (Å²) in [5, 5.41) is 17.6. The van der Waals surface area contributed by atoms with Gasteiger partial charge in [-0.2, -0.15) is 4.72 Å². The molecule has 0 spiro atoms. The first-order valence-electron chi connectivity index (χ1n) is 11.0. The van der Waals surface area contributed by atoms with Gasteiger partial charge in [-0.3, -0.25) is 15.1 Å². The van der Waals surface area contributed by atoms with Crippen molar-refractivity contribution in [1.82, 2.24) is 19.9 Å². The zero-order valence-electron chi connectivity index (χ0n) is 18.6. The van der Waals surface area contributed by atoms with Gasteiger partial charge in [0.25, 0.3) is 5.69 Å².